The van der Waals surface area contributed by atoms with Gasteiger partial charge in [-0.15, -0.1) is 0 Å². The summed E-state index contributed by atoms with van der Waals surface area (Å²) in [7, 11) is 0. The van der Waals surface area contributed by atoms with Crippen LogP contribution in [0, 0.1) is 5.92 Å². The van der Waals surface area contributed by atoms with Gasteiger partial charge >= 0.3 is 0 Å². The number of hydrogen-bond donors (Lipinski definition) is 0. The van der Waals surface area contributed by atoms with Crippen molar-refractivity contribution in [3.05, 3.63) is 71.5 Å². The zero-order chi connectivity index (χ0) is 19.9. The van der Waals surface area contributed by atoms with Gasteiger partial charge in [0.05, 0.1) is 0 Å². The van der Waals surface area contributed by atoms with Crippen LogP contribution in [0.4, 0.5) is 0 Å². The first-order chi connectivity index (χ1) is 14.3. The minimum atomic E-state index is 0.613. The zero-order valence-corrected chi connectivity index (χ0v) is 17.5. The minimum absolute atomic E-state index is 0.613. The van der Waals surface area contributed by atoms with E-state index in [-0.39, 0.29) is 0 Å². The fourth-order valence-electron chi connectivity index (χ4n) is 4.59. The van der Waals surface area contributed by atoms with Crippen molar-refractivity contribution >= 4 is 0 Å². The molecule has 1 aliphatic carbocycles. The largest absolute Gasteiger partial charge is 0.334 e. The maximum atomic E-state index is 5.51. The summed E-state index contributed by atoms with van der Waals surface area (Å²) in [4.78, 5) is 4.59. The number of rotatable bonds is 8. The molecule has 1 fully saturated rings. The molecule has 0 radical (unpaired) electrons. The normalized spacial score (nSPS) is 19.3. The molecule has 1 aliphatic rings. The second kappa shape index (κ2) is 9.87. The van der Waals surface area contributed by atoms with E-state index >= 15 is 0 Å². The number of unbranched alkanes of at least 4 members (excludes halogenated alkanes) is 2. The van der Waals surface area contributed by atoms with Crippen molar-refractivity contribution in [3.63, 3.8) is 0 Å². The highest BCUT2D eigenvalue weighted by atomic mass is 16.5. The molecule has 0 bridgehead atoms. The summed E-state index contributed by atoms with van der Waals surface area (Å²) in [6.45, 7) is 2.29. The van der Waals surface area contributed by atoms with Crippen LogP contribution < -0.4 is 0 Å². The van der Waals surface area contributed by atoms with Gasteiger partial charge in [-0.25, -0.2) is 0 Å². The van der Waals surface area contributed by atoms with Crippen LogP contribution in [0.5, 0.6) is 0 Å². The first-order valence-corrected chi connectivity index (χ1v) is 11.3. The van der Waals surface area contributed by atoms with Gasteiger partial charge in [0.1, 0.15) is 0 Å². The molecule has 29 heavy (non-hydrogen) atoms. The van der Waals surface area contributed by atoms with Crippen LogP contribution in [0.15, 0.2) is 59.1 Å². The third-order valence-electron chi connectivity index (χ3n) is 6.36. The molecule has 4 rings (SSSR count). The lowest BCUT2D eigenvalue weighted by Gasteiger charge is -2.29. The monoisotopic (exact) mass is 388 g/mol. The number of benzene rings is 2. The first-order valence-electron chi connectivity index (χ1n) is 11.3. The maximum absolute atomic E-state index is 5.51. The van der Waals surface area contributed by atoms with Gasteiger partial charge in [-0.2, -0.15) is 4.98 Å². The molecular weight excluding hydrogens is 356 g/mol. The molecule has 0 unspecified atom stereocenters. The molecule has 1 saturated carbocycles. The Morgan fingerprint density at radius 3 is 2.38 bits per heavy atom. The van der Waals surface area contributed by atoms with Gasteiger partial charge in [-0.3, -0.25) is 0 Å². The molecule has 0 saturated heterocycles. The van der Waals surface area contributed by atoms with E-state index in [1.807, 2.05) is 18.2 Å². The Morgan fingerprint density at radius 2 is 1.66 bits per heavy atom. The van der Waals surface area contributed by atoms with Crippen LogP contribution in [-0.4, -0.2) is 10.1 Å². The summed E-state index contributed by atoms with van der Waals surface area (Å²) in [5.41, 5.74) is 3.67. The smallest absolute Gasteiger partial charge is 0.257 e. The van der Waals surface area contributed by atoms with Crippen LogP contribution in [0.2, 0.25) is 0 Å². The van der Waals surface area contributed by atoms with Crippen LogP contribution in [0.25, 0.3) is 11.5 Å². The summed E-state index contributed by atoms with van der Waals surface area (Å²) < 4.78 is 5.51. The highest BCUT2D eigenvalue weighted by Crippen LogP contribution is 2.38. The lowest BCUT2D eigenvalue weighted by molar-refractivity contribution is 0.303. The second-order valence-corrected chi connectivity index (χ2v) is 8.51. The van der Waals surface area contributed by atoms with Gasteiger partial charge in [0.2, 0.25) is 0 Å². The minimum Gasteiger partial charge on any atom is -0.334 e. The Labute approximate surface area is 174 Å². The summed E-state index contributed by atoms with van der Waals surface area (Å²) in [5.74, 6) is 3.01. The molecule has 0 aliphatic heterocycles. The predicted molar refractivity (Wildman–Crippen MR) is 118 cm³/mol. The molecule has 0 amide bonds. The molecular formula is C26H32N2O. The van der Waals surface area contributed by atoms with Crippen molar-refractivity contribution in [3.8, 4) is 11.5 Å². The number of hydrogen-bond acceptors (Lipinski definition) is 3. The van der Waals surface area contributed by atoms with E-state index in [9.17, 15) is 0 Å². The molecule has 2 aromatic carbocycles. The fraction of sp³-hybridized carbons (Fsp3) is 0.462. The van der Waals surface area contributed by atoms with E-state index in [0.29, 0.717) is 18.2 Å². The molecule has 1 aromatic heterocycles. The lowest BCUT2D eigenvalue weighted by Crippen LogP contribution is -2.13. The van der Waals surface area contributed by atoms with Gasteiger partial charge in [0.25, 0.3) is 5.89 Å². The van der Waals surface area contributed by atoms with E-state index in [4.69, 9.17) is 4.52 Å². The van der Waals surface area contributed by atoms with Gasteiger partial charge in [0, 0.05) is 12.0 Å². The Balaban J connectivity index is 1.33. The van der Waals surface area contributed by atoms with E-state index < -0.39 is 0 Å². The van der Waals surface area contributed by atoms with E-state index in [0.717, 1.165) is 17.3 Å². The quantitative estimate of drug-likeness (QED) is 0.384. The fourth-order valence-corrected chi connectivity index (χ4v) is 4.59. The van der Waals surface area contributed by atoms with Crippen molar-refractivity contribution in [1.29, 1.82) is 0 Å². The number of nitrogens with zero attached hydrogens (tertiary/aromatic N) is 2. The van der Waals surface area contributed by atoms with E-state index in [1.165, 1.54) is 62.5 Å². The summed E-state index contributed by atoms with van der Waals surface area (Å²) in [5, 5.41) is 4.15. The van der Waals surface area contributed by atoms with Crippen LogP contribution >= 0.6 is 0 Å². The van der Waals surface area contributed by atoms with Gasteiger partial charge in [0.15, 0.2) is 5.82 Å². The Kier molecular flexibility index (Phi) is 6.76. The first kappa shape index (κ1) is 19.9. The average Bonchev–Trinajstić information content (AvgIpc) is 3.24. The Morgan fingerprint density at radius 1 is 0.897 bits per heavy atom. The van der Waals surface area contributed by atoms with Crippen molar-refractivity contribution in [2.45, 2.75) is 70.6 Å². The highest BCUT2D eigenvalue weighted by molar-refractivity contribution is 5.53. The Bertz CT molecular complexity index is 861. The molecule has 3 aromatic rings. The van der Waals surface area contributed by atoms with Gasteiger partial charge in [-0.1, -0.05) is 80.2 Å². The summed E-state index contributed by atoms with van der Waals surface area (Å²) >= 11 is 0. The molecule has 152 valence electrons. The third-order valence-corrected chi connectivity index (χ3v) is 6.36. The standard InChI is InChI=1S/C26H32N2O/c1-2-3-5-8-20-11-13-22(14-12-20)23-15-17-24(18-16-23)26-27-25(28-29-26)19-21-9-6-4-7-10-21/h4,6-7,9-10,15-18,20,22H,2-3,5,8,11-14,19H2,1H3. The highest BCUT2D eigenvalue weighted by Gasteiger charge is 2.22. The molecule has 1 heterocycles. The Hall–Kier alpha value is -2.42. The molecule has 0 N–H and O–H groups in total. The van der Waals surface area contributed by atoms with Crippen molar-refractivity contribution in [2.75, 3.05) is 0 Å². The molecule has 0 spiro atoms. The van der Waals surface area contributed by atoms with Gasteiger partial charge in [-0.05, 0) is 60.8 Å². The zero-order valence-electron chi connectivity index (χ0n) is 17.5. The van der Waals surface area contributed by atoms with Crippen LogP contribution in [-0.2, 0) is 6.42 Å². The third kappa shape index (κ3) is 5.35. The van der Waals surface area contributed by atoms with Gasteiger partial charge < -0.3 is 4.52 Å². The topological polar surface area (TPSA) is 38.9 Å². The van der Waals surface area contributed by atoms with Crippen molar-refractivity contribution in [1.82, 2.24) is 10.1 Å². The average molecular weight is 389 g/mol. The lowest BCUT2D eigenvalue weighted by atomic mass is 9.77. The van der Waals surface area contributed by atoms with E-state index in [2.05, 4.69) is 53.5 Å². The number of aromatic nitrogens is 2. The molecule has 3 nitrogen and oxygen atoms in total. The molecule has 0 atom stereocenters. The molecule has 3 heteroatoms. The second-order valence-electron chi connectivity index (χ2n) is 8.51. The predicted octanol–water partition coefficient (Wildman–Crippen LogP) is 7.18. The van der Waals surface area contributed by atoms with Crippen molar-refractivity contribution < 1.29 is 4.52 Å². The van der Waals surface area contributed by atoms with E-state index in [1.54, 1.807) is 0 Å². The van der Waals surface area contributed by atoms with Crippen molar-refractivity contribution in [2.24, 2.45) is 5.92 Å². The SMILES string of the molecule is CCCCCC1CCC(c2ccc(-c3nc(Cc4ccccc4)no3)cc2)CC1. The summed E-state index contributed by atoms with van der Waals surface area (Å²) in [6.07, 6.45) is 11.7. The maximum Gasteiger partial charge on any atom is 0.257 e. The van der Waals surface area contributed by atoms with Crippen LogP contribution in [0.1, 0.15) is 81.2 Å². The summed E-state index contributed by atoms with van der Waals surface area (Å²) in [6, 6.07) is 19.1. The van der Waals surface area contributed by atoms with Crippen LogP contribution in [0.3, 0.4) is 0 Å².